The maximum absolute atomic E-state index is 11.4. The van der Waals surface area contributed by atoms with Crippen molar-refractivity contribution in [3.8, 4) is 0 Å². The van der Waals surface area contributed by atoms with E-state index in [1.54, 1.807) is 6.92 Å². The van der Waals surface area contributed by atoms with Crippen molar-refractivity contribution >= 4 is 12.0 Å². The highest BCUT2D eigenvalue weighted by molar-refractivity contribution is 5.82. The summed E-state index contributed by atoms with van der Waals surface area (Å²) in [6.45, 7) is 1.24. The predicted molar refractivity (Wildman–Crippen MR) is 56.0 cm³/mol. The number of carboxylic acids is 1. The zero-order valence-corrected chi connectivity index (χ0v) is 9.38. The summed E-state index contributed by atoms with van der Waals surface area (Å²) in [6, 6.07) is -1.90. The Balaban J connectivity index is 4.08. The van der Waals surface area contributed by atoms with Crippen molar-refractivity contribution < 1.29 is 24.9 Å². The highest BCUT2D eigenvalue weighted by Crippen LogP contribution is 1.94. The second-order valence-corrected chi connectivity index (χ2v) is 3.58. The Morgan fingerprint density at radius 2 is 2.00 bits per heavy atom. The second kappa shape index (κ2) is 7.02. The zero-order chi connectivity index (χ0) is 12.7. The minimum absolute atomic E-state index is 0.307. The number of urea groups is 1. The maximum atomic E-state index is 11.4. The minimum atomic E-state index is -1.30. The van der Waals surface area contributed by atoms with Gasteiger partial charge in [-0.05, 0) is 13.3 Å². The van der Waals surface area contributed by atoms with Crippen LogP contribution in [-0.4, -0.2) is 64.6 Å². The lowest BCUT2D eigenvalue weighted by Gasteiger charge is -2.20. The molecule has 2 amide bonds. The van der Waals surface area contributed by atoms with Crippen LogP contribution < -0.4 is 5.32 Å². The number of hydrogen-bond acceptors (Lipinski definition) is 4. The van der Waals surface area contributed by atoms with Gasteiger partial charge in [-0.25, -0.2) is 9.59 Å². The van der Waals surface area contributed by atoms with E-state index in [1.165, 1.54) is 11.9 Å². The molecule has 0 fully saturated rings. The summed E-state index contributed by atoms with van der Waals surface area (Å²) in [6.07, 6.45) is -0.121. The zero-order valence-electron chi connectivity index (χ0n) is 9.38. The van der Waals surface area contributed by atoms with E-state index in [9.17, 15) is 9.59 Å². The summed E-state index contributed by atoms with van der Waals surface area (Å²) in [4.78, 5) is 23.2. The van der Waals surface area contributed by atoms with Gasteiger partial charge >= 0.3 is 12.0 Å². The molecule has 7 nitrogen and oxygen atoms in total. The van der Waals surface area contributed by atoms with E-state index in [-0.39, 0.29) is 0 Å². The molecule has 0 saturated heterocycles. The van der Waals surface area contributed by atoms with Crippen LogP contribution in [0.15, 0.2) is 0 Å². The fraction of sp³-hybridized carbons (Fsp3) is 0.778. The number of aliphatic hydroxyl groups excluding tert-OH is 2. The van der Waals surface area contributed by atoms with Gasteiger partial charge in [0.25, 0.3) is 0 Å². The quantitative estimate of drug-likeness (QED) is 0.463. The number of carboxylic acid groups (broad SMARTS) is 1. The molecule has 0 radical (unpaired) electrons. The predicted octanol–water partition coefficient (Wildman–Crippen LogP) is -1.16. The van der Waals surface area contributed by atoms with E-state index >= 15 is 0 Å². The van der Waals surface area contributed by atoms with Crippen LogP contribution in [0.3, 0.4) is 0 Å². The number of hydrogen-bond donors (Lipinski definition) is 4. The first-order chi connectivity index (χ1) is 7.38. The van der Waals surface area contributed by atoms with Gasteiger partial charge in [0.15, 0.2) is 6.04 Å². The van der Waals surface area contributed by atoms with Crippen molar-refractivity contribution in [2.24, 2.45) is 0 Å². The molecule has 0 aliphatic rings. The van der Waals surface area contributed by atoms with Crippen molar-refractivity contribution in [1.82, 2.24) is 10.2 Å². The summed E-state index contributed by atoms with van der Waals surface area (Å²) in [5.74, 6) is -1.29. The largest absolute Gasteiger partial charge is 0.480 e. The smallest absolute Gasteiger partial charge is 0.328 e. The molecule has 0 heterocycles. The third-order valence-electron chi connectivity index (χ3n) is 2.01. The van der Waals surface area contributed by atoms with Gasteiger partial charge in [-0.1, -0.05) is 0 Å². The molecular formula is C9H18N2O5. The summed E-state index contributed by atoms with van der Waals surface area (Å²) in [7, 11) is 1.48. The van der Waals surface area contributed by atoms with Crippen LogP contribution in [0.25, 0.3) is 0 Å². The van der Waals surface area contributed by atoms with Gasteiger partial charge < -0.3 is 25.5 Å². The fourth-order valence-electron chi connectivity index (χ4n) is 0.927. The lowest BCUT2D eigenvalue weighted by Crippen LogP contribution is -2.48. The van der Waals surface area contributed by atoms with Crippen molar-refractivity contribution in [2.75, 3.05) is 20.2 Å². The third-order valence-corrected chi connectivity index (χ3v) is 2.01. The van der Waals surface area contributed by atoms with E-state index < -0.39 is 30.8 Å². The van der Waals surface area contributed by atoms with Crippen LogP contribution in [-0.2, 0) is 4.79 Å². The highest BCUT2D eigenvalue weighted by atomic mass is 16.4. The average molecular weight is 234 g/mol. The molecule has 0 aromatic heterocycles. The molecule has 16 heavy (non-hydrogen) atoms. The molecule has 0 rings (SSSR count). The average Bonchev–Trinajstić information content (AvgIpc) is 2.21. The van der Waals surface area contributed by atoms with Crippen LogP contribution in [0.2, 0.25) is 0 Å². The molecule has 0 aliphatic heterocycles. The number of nitrogens with zero attached hydrogens (tertiary/aromatic N) is 1. The topological polar surface area (TPSA) is 110 Å². The summed E-state index contributed by atoms with van der Waals surface area (Å²) < 4.78 is 0. The Bertz CT molecular complexity index is 244. The number of carbonyl (C=O) groups is 2. The Morgan fingerprint density at radius 1 is 1.44 bits per heavy atom. The molecule has 4 N–H and O–H groups in total. The molecule has 0 aliphatic carbocycles. The van der Waals surface area contributed by atoms with Gasteiger partial charge in [0.1, 0.15) is 0 Å². The normalized spacial score (nSPS) is 14.0. The Hall–Kier alpha value is -1.34. The SMILES string of the molecule is CC(O)CCN(C)C(=O)N[C@H](CO)C(=O)O. The molecule has 0 saturated carbocycles. The lowest BCUT2D eigenvalue weighted by atomic mass is 10.3. The molecular weight excluding hydrogens is 216 g/mol. The van der Waals surface area contributed by atoms with Gasteiger partial charge in [-0.2, -0.15) is 0 Å². The third kappa shape index (κ3) is 5.52. The summed E-state index contributed by atoms with van der Waals surface area (Å²) in [5, 5.41) is 28.4. The monoisotopic (exact) mass is 234 g/mol. The van der Waals surface area contributed by atoms with Gasteiger partial charge in [0, 0.05) is 13.6 Å². The van der Waals surface area contributed by atoms with E-state index in [0.29, 0.717) is 13.0 Å². The molecule has 94 valence electrons. The molecule has 2 atom stereocenters. The van der Waals surface area contributed by atoms with Crippen LogP contribution in [0.4, 0.5) is 4.79 Å². The van der Waals surface area contributed by atoms with Gasteiger partial charge in [0.05, 0.1) is 12.7 Å². The molecule has 0 aromatic carbocycles. The fourth-order valence-corrected chi connectivity index (χ4v) is 0.927. The second-order valence-electron chi connectivity index (χ2n) is 3.58. The van der Waals surface area contributed by atoms with Gasteiger partial charge in [-0.15, -0.1) is 0 Å². The van der Waals surface area contributed by atoms with Crippen LogP contribution in [0.5, 0.6) is 0 Å². The standard InChI is InChI=1S/C9H18N2O5/c1-6(13)3-4-11(2)9(16)10-7(5-12)8(14)15/h6-7,12-13H,3-5H2,1-2H3,(H,10,16)(H,14,15)/t6?,7-/m1/s1. The molecule has 1 unspecified atom stereocenters. The number of aliphatic hydroxyl groups is 2. The van der Waals surface area contributed by atoms with E-state index in [0.717, 1.165) is 0 Å². The first-order valence-electron chi connectivity index (χ1n) is 4.91. The van der Waals surface area contributed by atoms with Crippen molar-refractivity contribution in [1.29, 1.82) is 0 Å². The van der Waals surface area contributed by atoms with Crippen LogP contribution in [0.1, 0.15) is 13.3 Å². The summed E-state index contributed by atoms with van der Waals surface area (Å²) >= 11 is 0. The Labute approximate surface area is 93.7 Å². The molecule has 0 spiro atoms. The molecule has 0 bridgehead atoms. The van der Waals surface area contributed by atoms with Gasteiger partial charge in [-0.3, -0.25) is 0 Å². The Morgan fingerprint density at radius 3 is 2.38 bits per heavy atom. The number of nitrogens with one attached hydrogen (secondary N) is 1. The minimum Gasteiger partial charge on any atom is -0.480 e. The first-order valence-corrected chi connectivity index (χ1v) is 4.91. The number of carbonyl (C=O) groups excluding carboxylic acids is 1. The van der Waals surface area contributed by atoms with E-state index in [2.05, 4.69) is 5.32 Å². The number of rotatable bonds is 6. The number of aliphatic carboxylic acids is 1. The molecule has 0 aromatic rings. The van der Waals surface area contributed by atoms with Gasteiger partial charge in [0.2, 0.25) is 0 Å². The van der Waals surface area contributed by atoms with E-state index in [1.807, 2.05) is 0 Å². The first kappa shape index (κ1) is 14.7. The molecule has 7 heteroatoms. The van der Waals surface area contributed by atoms with Crippen molar-refractivity contribution in [3.05, 3.63) is 0 Å². The highest BCUT2D eigenvalue weighted by Gasteiger charge is 2.20. The van der Waals surface area contributed by atoms with Crippen molar-refractivity contribution in [2.45, 2.75) is 25.5 Å². The van der Waals surface area contributed by atoms with Crippen LogP contribution >= 0.6 is 0 Å². The summed E-state index contributed by atoms with van der Waals surface area (Å²) in [5.41, 5.74) is 0. The Kier molecular flexibility index (Phi) is 6.43. The van der Waals surface area contributed by atoms with E-state index in [4.69, 9.17) is 15.3 Å². The lowest BCUT2D eigenvalue weighted by molar-refractivity contribution is -0.140. The maximum Gasteiger partial charge on any atom is 0.328 e. The van der Waals surface area contributed by atoms with Crippen molar-refractivity contribution in [3.63, 3.8) is 0 Å². The van der Waals surface area contributed by atoms with Crippen LogP contribution in [0, 0.1) is 0 Å². The number of amides is 2.